The van der Waals surface area contributed by atoms with Gasteiger partial charge in [-0.2, -0.15) is 0 Å². The summed E-state index contributed by atoms with van der Waals surface area (Å²) in [5.74, 6) is -2.94. The number of rotatable bonds is 9. The molecule has 2 amide bonds. The van der Waals surface area contributed by atoms with Crippen molar-refractivity contribution in [1.82, 2.24) is 10.2 Å². The van der Waals surface area contributed by atoms with Gasteiger partial charge in [0.15, 0.2) is 30.6 Å². The average molecular weight is 489 g/mol. The van der Waals surface area contributed by atoms with Crippen molar-refractivity contribution in [2.24, 2.45) is 0 Å². The zero-order valence-electron chi connectivity index (χ0n) is 18.9. The maximum atomic E-state index is 13.3. The second-order valence-corrected chi connectivity index (χ2v) is 8.04. The fraction of sp³-hybridized carbons (Fsp3) is 0.375. The normalized spacial score (nSPS) is 15.8. The summed E-state index contributed by atoms with van der Waals surface area (Å²) in [7, 11) is 0. The van der Waals surface area contributed by atoms with Gasteiger partial charge in [-0.15, -0.1) is 0 Å². The molecule has 0 radical (unpaired) electrons. The van der Waals surface area contributed by atoms with Gasteiger partial charge in [0.05, 0.1) is 18.9 Å². The van der Waals surface area contributed by atoms with Crippen LogP contribution in [0.25, 0.3) is 0 Å². The Labute approximate surface area is 200 Å². The number of morpholine rings is 1. The number of fused-ring (bicyclic) bond motifs is 1. The molecule has 0 saturated carbocycles. The SMILES string of the molecule is O=C(CN1C(=O)COc2ccc(C(=O)COc3ccc(F)c(F)c3)cc21)NCCN1CCOCC1. The van der Waals surface area contributed by atoms with Crippen LogP contribution in [0.1, 0.15) is 10.4 Å². The Bertz CT molecular complexity index is 1110. The van der Waals surface area contributed by atoms with E-state index >= 15 is 0 Å². The van der Waals surface area contributed by atoms with Crippen LogP contribution in [0.15, 0.2) is 36.4 Å². The van der Waals surface area contributed by atoms with E-state index in [9.17, 15) is 23.2 Å². The molecule has 1 N–H and O–H groups in total. The third-order valence-corrected chi connectivity index (χ3v) is 5.64. The number of hydrogen-bond donors (Lipinski definition) is 1. The number of anilines is 1. The Morgan fingerprint density at radius 1 is 1.06 bits per heavy atom. The molecule has 1 fully saturated rings. The van der Waals surface area contributed by atoms with E-state index in [1.54, 1.807) is 0 Å². The predicted octanol–water partition coefficient (Wildman–Crippen LogP) is 1.40. The van der Waals surface area contributed by atoms with Crippen LogP contribution in [0.4, 0.5) is 14.5 Å². The summed E-state index contributed by atoms with van der Waals surface area (Å²) >= 11 is 0. The van der Waals surface area contributed by atoms with Crippen LogP contribution in [0.2, 0.25) is 0 Å². The molecule has 2 heterocycles. The van der Waals surface area contributed by atoms with Crippen molar-refractivity contribution in [2.75, 3.05) is 64.1 Å². The lowest BCUT2D eigenvalue weighted by atomic mass is 10.1. The summed E-state index contributed by atoms with van der Waals surface area (Å²) in [6, 6.07) is 7.46. The van der Waals surface area contributed by atoms with E-state index in [-0.39, 0.29) is 30.4 Å². The first kappa shape index (κ1) is 24.6. The molecule has 2 aromatic carbocycles. The standard InChI is InChI=1S/C24H25F2N3O6/c25-18-3-2-17(12-19(18)26)34-14-21(30)16-1-4-22-20(11-16)29(24(32)15-35-22)13-23(31)27-5-6-28-7-9-33-10-8-28/h1-4,11-12H,5-10,13-15H2,(H,27,31). The Kier molecular flexibility index (Phi) is 7.88. The smallest absolute Gasteiger partial charge is 0.265 e. The van der Waals surface area contributed by atoms with E-state index < -0.39 is 29.9 Å². The van der Waals surface area contributed by atoms with Crippen LogP contribution in [0.3, 0.4) is 0 Å². The number of Topliss-reactive ketones (excluding diaryl/α,β-unsaturated/α-hetero) is 1. The third-order valence-electron chi connectivity index (χ3n) is 5.64. The molecule has 0 spiro atoms. The van der Waals surface area contributed by atoms with Crippen molar-refractivity contribution in [3.8, 4) is 11.5 Å². The maximum Gasteiger partial charge on any atom is 0.265 e. The number of ketones is 1. The lowest BCUT2D eigenvalue weighted by Crippen LogP contribution is -2.47. The molecule has 4 rings (SSSR count). The lowest BCUT2D eigenvalue weighted by Gasteiger charge is -2.29. The van der Waals surface area contributed by atoms with Crippen molar-refractivity contribution < 1.29 is 37.4 Å². The maximum absolute atomic E-state index is 13.3. The largest absolute Gasteiger partial charge is 0.485 e. The second-order valence-electron chi connectivity index (χ2n) is 8.04. The number of ether oxygens (including phenoxy) is 3. The monoisotopic (exact) mass is 489 g/mol. The average Bonchev–Trinajstić information content (AvgIpc) is 2.86. The first-order valence-corrected chi connectivity index (χ1v) is 11.2. The second kappa shape index (κ2) is 11.2. The number of benzene rings is 2. The zero-order chi connectivity index (χ0) is 24.8. The van der Waals surface area contributed by atoms with E-state index in [0.29, 0.717) is 37.7 Å². The van der Waals surface area contributed by atoms with Gasteiger partial charge >= 0.3 is 0 Å². The van der Waals surface area contributed by atoms with Gasteiger partial charge in [-0.1, -0.05) is 0 Å². The van der Waals surface area contributed by atoms with Crippen molar-refractivity contribution in [1.29, 1.82) is 0 Å². The Morgan fingerprint density at radius 3 is 2.63 bits per heavy atom. The van der Waals surface area contributed by atoms with Gasteiger partial charge in [0.25, 0.3) is 5.91 Å². The van der Waals surface area contributed by atoms with Crippen LogP contribution >= 0.6 is 0 Å². The summed E-state index contributed by atoms with van der Waals surface area (Å²) < 4.78 is 42.4. The van der Waals surface area contributed by atoms with E-state index in [1.807, 2.05) is 0 Å². The summed E-state index contributed by atoms with van der Waals surface area (Å²) in [6.07, 6.45) is 0. The molecule has 0 unspecified atom stereocenters. The molecule has 2 aliphatic heterocycles. The number of amides is 2. The topological polar surface area (TPSA) is 97.4 Å². The molecule has 11 heteroatoms. The highest BCUT2D eigenvalue weighted by Gasteiger charge is 2.28. The van der Waals surface area contributed by atoms with Gasteiger partial charge in [0.2, 0.25) is 5.91 Å². The number of carbonyl (C=O) groups excluding carboxylic acids is 3. The van der Waals surface area contributed by atoms with Gasteiger partial charge in [0.1, 0.15) is 18.0 Å². The summed E-state index contributed by atoms with van der Waals surface area (Å²) in [5.41, 5.74) is 0.505. The minimum atomic E-state index is -1.08. The van der Waals surface area contributed by atoms with Gasteiger partial charge in [-0.05, 0) is 30.3 Å². The minimum absolute atomic E-state index is 0.00379. The predicted molar refractivity (Wildman–Crippen MR) is 121 cm³/mol. The fourth-order valence-electron chi connectivity index (χ4n) is 3.73. The molecule has 0 aliphatic carbocycles. The van der Waals surface area contributed by atoms with E-state index in [1.165, 1.54) is 29.2 Å². The van der Waals surface area contributed by atoms with Crippen LogP contribution in [-0.4, -0.2) is 81.6 Å². The number of halogens is 2. The molecule has 0 bridgehead atoms. The van der Waals surface area contributed by atoms with Crippen molar-refractivity contribution in [3.63, 3.8) is 0 Å². The molecule has 2 aromatic rings. The van der Waals surface area contributed by atoms with E-state index in [2.05, 4.69) is 10.2 Å². The molecule has 35 heavy (non-hydrogen) atoms. The van der Waals surface area contributed by atoms with E-state index in [4.69, 9.17) is 14.2 Å². The highest BCUT2D eigenvalue weighted by atomic mass is 19.2. The molecule has 186 valence electrons. The van der Waals surface area contributed by atoms with Crippen LogP contribution in [0.5, 0.6) is 11.5 Å². The quantitative estimate of drug-likeness (QED) is 0.532. The van der Waals surface area contributed by atoms with Crippen molar-refractivity contribution >= 4 is 23.3 Å². The molecular formula is C24H25F2N3O6. The Hall–Kier alpha value is -3.57. The first-order chi connectivity index (χ1) is 16.9. The molecule has 0 atom stereocenters. The van der Waals surface area contributed by atoms with Crippen molar-refractivity contribution in [2.45, 2.75) is 0 Å². The highest BCUT2D eigenvalue weighted by Crippen LogP contribution is 2.33. The number of hydrogen-bond acceptors (Lipinski definition) is 7. The number of carbonyl (C=O) groups is 3. The highest BCUT2D eigenvalue weighted by molar-refractivity contribution is 6.04. The zero-order valence-corrected chi connectivity index (χ0v) is 18.9. The lowest BCUT2D eigenvalue weighted by molar-refractivity contribution is -0.125. The van der Waals surface area contributed by atoms with Crippen LogP contribution < -0.4 is 19.7 Å². The van der Waals surface area contributed by atoms with Gasteiger partial charge in [0, 0.05) is 37.8 Å². The Balaban J connectivity index is 1.37. The first-order valence-electron chi connectivity index (χ1n) is 11.2. The van der Waals surface area contributed by atoms with Crippen LogP contribution in [-0.2, 0) is 14.3 Å². The molecule has 2 aliphatic rings. The Morgan fingerprint density at radius 2 is 1.86 bits per heavy atom. The van der Waals surface area contributed by atoms with E-state index in [0.717, 1.165) is 25.2 Å². The summed E-state index contributed by atoms with van der Waals surface area (Å²) in [4.78, 5) is 41.1. The minimum Gasteiger partial charge on any atom is -0.485 e. The van der Waals surface area contributed by atoms with Gasteiger partial charge in [-0.25, -0.2) is 8.78 Å². The molecular weight excluding hydrogens is 464 g/mol. The molecule has 1 saturated heterocycles. The van der Waals surface area contributed by atoms with Gasteiger partial charge in [-0.3, -0.25) is 24.2 Å². The third kappa shape index (κ3) is 6.31. The summed E-state index contributed by atoms with van der Waals surface area (Å²) in [5, 5.41) is 2.81. The fourth-order valence-corrected chi connectivity index (χ4v) is 3.73. The van der Waals surface area contributed by atoms with Crippen LogP contribution in [0, 0.1) is 11.6 Å². The van der Waals surface area contributed by atoms with Gasteiger partial charge < -0.3 is 19.5 Å². The summed E-state index contributed by atoms with van der Waals surface area (Å²) in [6.45, 7) is 3.19. The van der Waals surface area contributed by atoms with Crippen molar-refractivity contribution in [3.05, 3.63) is 53.6 Å². The number of nitrogens with zero attached hydrogens (tertiary/aromatic N) is 2. The molecule has 0 aromatic heterocycles. The number of nitrogens with one attached hydrogen (secondary N) is 1. The molecule has 9 nitrogen and oxygen atoms in total.